The number of carbonyl (C=O) groups excluding carboxylic acids is 1. The summed E-state index contributed by atoms with van der Waals surface area (Å²) in [4.78, 5) is 16.0. The van der Waals surface area contributed by atoms with Crippen LogP contribution in [0.1, 0.15) is 16.8 Å². The van der Waals surface area contributed by atoms with Crippen LogP contribution in [0, 0.1) is 0 Å². The fourth-order valence-corrected chi connectivity index (χ4v) is 1.59. The Bertz CT molecular complexity index is 426. The fraction of sp³-hybridized carbons (Fsp3) is 0.333. The highest BCUT2D eigenvalue weighted by atomic mass is 16.5. The Morgan fingerprint density at radius 1 is 1.50 bits per heavy atom. The lowest BCUT2D eigenvalue weighted by atomic mass is 10.1. The first kappa shape index (κ1) is 10.7. The normalized spacial score (nSPS) is 14.2. The molecule has 0 fully saturated rings. The van der Waals surface area contributed by atoms with Gasteiger partial charge < -0.3 is 9.47 Å². The van der Waals surface area contributed by atoms with Crippen LogP contribution >= 0.6 is 0 Å². The van der Waals surface area contributed by atoms with Gasteiger partial charge in [-0.3, -0.25) is 9.79 Å². The monoisotopic (exact) mass is 219 g/mol. The molecule has 1 heterocycles. The third-order valence-corrected chi connectivity index (χ3v) is 2.37. The van der Waals surface area contributed by atoms with E-state index >= 15 is 0 Å². The van der Waals surface area contributed by atoms with Crippen molar-refractivity contribution in [3.63, 3.8) is 0 Å². The summed E-state index contributed by atoms with van der Waals surface area (Å²) < 4.78 is 10.3. The quantitative estimate of drug-likeness (QED) is 0.724. The molecule has 0 bridgehead atoms. The van der Waals surface area contributed by atoms with Crippen LogP contribution in [-0.2, 0) is 4.74 Å². The number of ether oxygens (including phenoxy) is 2. The second-order valence-corrected chi connectivity index (χ2v) is 3.42. The number of aliphatic imine (C=N–C) groups is 1. The number of Topliss-reactive ketones (excluding diaryl/α,β-unsaturated/α-hetero) is 1. The van der Waals surface area contributed by atoms with Crippen LogP contribution in [0.5, 0.6) is 5.75 Å². The van der Waals surface area contributed by atoms with Crippen LogP contribution in [0.25, 0.3) is 0 Å². The average Bonchev–Trinajstić information content (AvgIpc) is 2.81. The van der Waals surface area contributed by atoms with Gasteiger partial charge >= 0.3 is 0 Å². The summed E-state index contributed by atoms with van der Waals surface area (Å²) in [6.07, 6.45) is 0.209. The van der Waals surface area contributed by atoms with Gasteiger partial charge in [0.05, 0.1) is 25.6 Å². The van der Waals surface area contributed by atoms with Crippen LogP contribution < -0.4 is 4.74 Å². The van der Waals surface area contributed by atoms with Gasteiger partial charge in [0.2, 0.25) is 0 Å². The van der Waals surface area contributed by atoms with Crippen molar-refractivity contribution in [2.75, 3.05) is 20.3 Å². The Hall–Kier alpha value is -1.84. The minimum Gasteiger partial charge on any atom is -0.496 e. The smallest absolute Gasteiger partial charge is 0.191 e. The Balaban J connectivity index is 2.13. The second kappa shape index (κ2) is 4.79. The number of hydrogen-bond donors (Lipinski definition) is 0. The fourth-order valence-electron chi connectivity index (χ4n) is 1.59. The highest BCUT2D eigenvalue weighted by Gasteiger charge is 2.17. The van der Waals surface area contributed by atoms with Crippen molar-refractivity contribution in [2.24, 2.45) is 4.99 Å². The van der Waals surface area contributed by atoms with Gasteiger partial charge in [0.15, 0.2) is 11.7 Å². The van der Waals surface area contributed by atoms with Crippen molar-refractivity contribution >= 4 is 11.7 Å². The average molecular weight is 219 g/mol. The first-order chi connectivity index (χ1) is 7.81. The van der Waals surface area contributed by atoms with Crippen LogP contribution in [0.3, 0.4) is 0 Å². The number of nitrogens with zero attached hydrogens (tertiary/aromatic N) is 1. The maximum atomic E-state index is 11.9. The Kier molecular flexibility index (Phi) is 3.19. The third kappa shape index (κ3) is 2.21. The molecule has 0 amide bonds. The van der Waals surface area contributed by atoms with Gasteiger partial charge in [0.1, 0.15) is 12.4 Å². The van der Waals surface area contributed by atoms with Gasteiger partial charge in [-0.25, -0.2) is 0 Å². The van der Waals surface area contributed by atoms with Crippen LogP contribution in [-0.4, -0.2) is 31.9 Å². The van der Waals surface area contributed by atoms with E-state index in [0.717, 1.165) is 0 Å². The molecule has 2 rings (SSSR count). The lowest BCUT2D eigenvalue weighted by Gasteiger charge is -2.06. The molecule has 0 spiro atoms. The molecule has 1 aliphatic heterocycles. The zero-order chi connectivity index (χ0) is 11.4. The van der Waals surface area contributed by atoms with E-state index in [1.165, 1.54) is 0 Å². The van der Waals surface area contributed by atoms with E-state index in [-0.39, 0.29) is 12.2 Å². The van der Waals surface area contributed by atoms with E-state index in [0.29, 0.717) is 30.4 Å². The summed E-state index contributed by atoms with van der Waals surface area (Å²) in [5.74, 6) is 1.08. The Morgan fingerprint density at radius 3 is 3.00 bits per heavy atom. The van der Waals surface area contributed by atoms with Gasteiger partial charge in [0.25, 0.3) is 0 Å². The molecule has 0 N–H and O–H groups in total. The molecule has 0 unspecified atom stereocenters. The van der Waals surface area contributed by atoms with Crippen molar-refractivity contribution < 1.29 is 14.3 Å². The number of benzene rings is 1. The first-order valence-corrected chi connectivity index (χ1v) is 5.13. The molecule has 0 radical (unpaired) electrons. The lowest BCUT2D eigenvalue weighted by Crippen LogP contribution is -2.09. The number of rotatable bonds is 4. The third-order valence-electron chi connectivity index (χ3n) is 2.37. The minimum atomic E-state index is -0.0295. The van der Waals surface area contributed by atoms with Crippen LogP contribution in [0.4, 0.5) is 0 Å². The maximum absolute atomic E-state index is 11.9. The topological polar surface area (TPSA) is 47.9 Å². The molecule has 1 aliphatic rings. The summed E-state index contributed by atoms with van der Waals surface area (Å²) in [5, 5.41) is 0. The van der Waals surface area contributed by atoms with Crippen molar-refractivity contribution in [2.45, 2.75) is 6.42 Å². The predicted octanol–water partition coefficient (Wildman–Crippen LogP) is 1.70. The second-order valence-electron chi connectivity index (χ2n) is 3.42. The lowest BCUT2D eigenvalue weighted by molar-refractivity contribution is 0.0992. The van der Waals surface area contributed by atoms with E-state index in [1.54, 1.807) is 19.2 Å². The summed E-state index contributed by atoms with van der Waals surface area (Å²) in [5.41, 5.74) is 0.572. The SMILES string of the molecule is COc1ccccc1C(=O)CC1=NCCO1. The molecule has 4 heteroatoms. The number of ketones is 1. The van der Waals surface area contributed by atoms with Gasteiger partial charge in [0, 0.05) is 0 Å². The molecule has 0 atom stereocenters. The van der Waals surface area contributed by atoms with Crippen molar-refractivity contribution in [1.29, 1.82) is 0 Å². The minimum absolute atomic E-state index is 0.0295. The molecule has 0 saturated heterocycles. The summed E-state index contributed by atoms with van der Waals surface area (Å²) >= 11 is 0. The van der Waals surface area contributed by atoms with Gasteiger partial charge in [-0.05, 0) is 12.1 Å². The molecule has 0 saturated carbocycles. The number of para-hydroxylation sites is 1. The van der Waals surface area contributed by atoms with Crippen molar-refractivity contribution in [1.82, 2.24) is 0 Å². The van der Waals surface area contributed by atoms with E-state index in [2.05, 4.69) is 4.99 Å². The predicted molar refractivity (Wildman–Crippen MR) is 60.2 cm³/mol. The van der Waals surface area contributed by atoms with Gasteiger partial charge in [-0.2, -0.15) is 0 Å². The molecule has 1 aromatic carbocycles. The molecule has 4 nitrogen and oxygen atoms in total. The molecular weight excluding hydrogens is 206 g/mol. The molecule has 0 aliphatic carbocycles. The van der Waals surface area contributed by atoms with E-state index in [9.17, 15) is 4.79 Å². The van der Waals surface area contributed by atoms with Gasteiger partial charge in [-0.15, -0.1) is 0 Å². The zero-order valence-electron chi connectivity index (χ0n) is 9.10. The van der Waals surface area contributed by atoms with Crippen LogP contribution in [0.15, 0.2) is 29.3 Å². The molecule has 1 aromatic rings. The van der Waals surface area contributed by atoms with E-state index < -0.39 is 0 Å². The van der Waals surface area contributed by atoms with E-state index in [1.807, 2.05) is 12.1 Å². The highest BCUT2D eigenvalue weighted by Crippen LogP contribution is 2.19. The van der Waals surface area contributed by atoms with Crippen molar-refractivity contribution in [3.8, 4) is 5.75 Å². The first-order valence-electron chi connectivity index (χ1n) is 5.13. The summed E-state index contributed by atoms with van der Waals surface area (Å²) in [6.45, 7) is 1.23. The zero-order valence-corrected chi connectivity index (χ0v) is 9.10. The highest BCUT2D eigenvalue weighted by molar-refractivity contribution is 6.09. The molecular formula is C12H13NO3. The Morgan fingerprint density at radius 2 is 2.31 bits per heavy atom. The van der Waals surface area contributed by atoms with Gasteiger partial charge in [-0.1, -0.05) is 12.1 Å². The number of hydrogen-bond acceptors (Lipinski definition) is 4. The summed E-state index contributed by atoms with van der Waals surface area (Å²) in [7, 11) is 1.55. The van der Waals surface area contributed by atoms with E-state index in [4.69, 9.17) is 9.47 Å². The Labute approximate surface area is 93.9 Å². The molecule has 0 aromatic heterocycles. The number of methoxy groups -OCH3 is 1. The largest absolute Gasteiger partial charge is 0.496 e. The van der Waals surface area contributed by atoms with Crippen molar-refractivity contribution in [3.05, 3.63) is 29.8 Å². The number of carbonyl (C=O) groups is 1. The molecule has 84 valence electrons. The molecule has 16 heavy (non-hydrogen) atoms. The summed E-state index contributed by atoms with van der Waals surface area (Å²) in [6, 6.07) is 7.16. The maximum Gasteiger partial charge on any atom is 0.191 e. The standard InChI is InChI=1S/C12H13NO3/c1-15-11-5-3-2-4-9(11)10(14)8-12-13-6-7-16-12/h2-5H,6-8H2,1H3. The van der Waals surface area contributed by atoms with Crippen LogP contribution in [0.2, 0.25) is 0 Å².